The van der Waals surface area contributed by atoms with Gasteiger partial charge in [0, 0.05) is 35.9 Å². The summed E-state index contributed by atoms with van der Waals surface area (Å²) in [5.74, 6) is 0.516. The fraction of sp³-hybridized carbons (Fsp3) is 0.200. The molecule has 3 aromatic rings. The Kier molecular flexibility index (Phi) is 8.97. The van der Waals surface area contributed by atoms with E-state index in [0.29, 0.717) is 30.2 Å². The van der Waals surface area contributed by atoms with Crippen LogP contribution in [0.4, 0.5) is 16.2 Å². The number of anilines is 2. The van der Waals surface area contributed by atoms with E-state index in [2.05, 4.69) is 21.3 Å². The molecule has 3 rings (SSSR count). The first-order valence-corrected chi connectivity index (χ1v) is 10.9. The Bertz CT molecular complexity index is 1030. The summed E-state index contributed by atoms with van der Waals surface area (Å²) in [5, 5.41) is 12.2. The quantitative estimate of drug-likeness (QED) is 0.335. The first-order valence-electron chi connectivity index (χ1n) is 10.6. The number of nitrogens with one attached hydrogen (secondary N) is 4. The van der Waals surface area contributed by atoms with Gasteiger partial charge in [0.1, 0.15) is 11.8 Å². The highest BCUT2D eigenvalue weighted by Gasteiger charge is 2.21. The molecule has 3 amide bonds. The third-order valence-electron chi connectivity index (χ3n) is 4.85. The molecule has 3 aromatic carbocycles. The number of hydrogen-bond acceptors (Lipinski definition) is 4. The zero-order valence-electron chi connectivity index (χ0n) is 18.3. The molecular formula is C25H27ClN4O3. The van der Waals surface area contributed by atoms with Crippen LogP contribution in [-0.2, 0) is 11.2 Å². The average molecular weight is 467 g/mol. The van der Waals surface area contributed by atoms with Gasteiger partial charge in [-0.1, -0.05) is 41.9 Å². The summed E-state index contributed by atoms with van der Waals surface area (Å²) in [6, 6.07) is 22.6. The van der Waals surface area contributed by atoms with Crippen LogP contribution in [0.25, 0.3) is 0 Å². The maximum absolute atomic E-state index is 12.9. The lowest BCUT2D eigenvalue weighted by Gasteiger charge is -2.19. The molecule has 0 radical (unpaired) electrons. The third kappa shape index (κ3) is 8.05. The number of benzene rings is 3. The minimum absolute atomic E-state index is 0.262. The van der Waals surface area contributed by atoms with E-state index in [9.17, 15) is 9.59 Å². The SMILES string of the molecule is COc1ccc(NCCNC(=O)C(Cc2ccccc2)NC(=O)Nc2ccc(Cl)cc2)cc1. The number of rotatable bonds is 10. The number of methoxy groups -OCH3 is 1. The molecule has 4 N–H and O–H groups in total. The molecular weight excluding hydrogens is 440 g/mol. The van der Waals surface area contributed by atoms with Crippen LogP contribution >= 0.6 is 11.6 Å². The second-order valence-electron chi connectivity index (χ2n) is 7.29. The number of hydrogen-bond donors (Lipinski definition) is 4. The molecule has 8 heteroatoms. The van der Waals surface area contributed by atoms with E-state index in [0.717, 1.165) is 17.0 Å². The highest BCUT2D eigenvalue weighted by atomic mass is 35.5. The van der Waals surface area contributed by atoms with E-state index in [1.807, 2.05) is 54.6 Å². The molecule has 0 aliphatic heterocycles. The average Bonchev–Trinajstić information content (AvgIpc) is 2.84. The first-order chi connectivity index (χ1) is 16.0. The van der Waals surface area contributed by atoms with Gasteiger partial charge in [-0.3, -0.25) is 4.79 Å². The number of carbonyl (C=O) groups excluding carboxylic acids is 2. The largest absolute Gasteiger partial charge is 0.497 e. The fourth-order valence-electron chi connectivity index (χ4n) is 3.14. The summed E-state index contributed by atoms with van der Waals surface area (Å²) in [4.78, 5) is 25.4. The van der Waals surface area contributed by atoms with E-state index in [-0.39, 0.29) is 5.91 Å². The van der Waals surface area contributed by atoms with Crippen molar-refractivity contribution in [3.8, 4) is 5.75 Å². The lowest BCUT2D eigenvalue weighted by molar-refractivity contribution is -0.122. The van der Waals surface area contributed by atoms with E-state index < -0.39 is 12.1 Å². The van der Waals surface area contributed by atoms with Gasteiger partial charge in [-0.2, -0.15) is 0 Å². The molecule has 172 valence electrons. The number of carbonyl (C=O) groups is 2. The van der Waals surface area contributed by atoms with Crippen molar-refractivity contribution in [2.24, 2.45) is 0 Å². The van der Waals surface area contributed by atoms with E-state index >= 15 is 0 Å². The molecule has 0 aromatic heterocycles. The minimum atomic E-state index is -0.735. The van der Waals surface area contributed by atoms with E-state index in [1.54, 1.807) is 31.4 Å². The van der Waals surface area contributed by atoms with Gasteiger partial charge in [-0.25, -0.2) is 4.79 Å². The predicted octanol–water partition coefficient (Wildman–Crippen LogP) is 4.31. The van der Waals surface area contributed by atoms with Gasteiger partial charge in [-0.05, 0) is 54.1 Å². The number of ether oxygens (including phenoxy) is 1. The maximum Gasteiger partial charge on any atom is 0.319 e. The van der Waals surface area contributed by atoms with Gasteiger partial charge < -0.3 is 26.0 Å². The molecule has 0 aliphatic rings. The molecule has 0 aliphatic carbocycles. The van der Waals surface area contributed by atoms with Gasteiger partial charge in [0.25, 0.3) is 0 Å². The van der Waals surface area contributed by atoms with Gasteiger partial charge >= 0.3 is 6.03 Å². The number of urea groups is 1. The fourth-order valence-corrected chi connectivity index (χ4v) is 3.27. The van der Waals surface area contributed by atoms with Crippen molar-refractivity contribution in [3.63, 3.8) is 0 Å². The van der Waals surface area contributed by atoms with Gasteiger partial charge in [0.15, 0.2) is 0 Å². The lowest BCUT2D eigenvalue weighted by Crippen LogP contribution is -2.50. The summed E-state index contributed by atoms with van der Waals surface area (Å²) >= 11 is 5.89. The van der Waals surface area contributed by atoms with Crippen LogP contribution in [0.2, 0.25) is 5.02 Å². The third-order valence-corrected chi connectivity index (χ3v) is 5.10. The second kappa shape index (κ2) is 12.4. The van der Waals surface area contributed by atoms with Crippen LogP contribution in [0.15, 0.2) is 78.9 Å². The Hall–Kier alpha value is -3.71. The Morgan fingerprint density at radius 3 is 2.21 bits per heavy atom. The monoisotopic (exact) mass is 466 g/mol. The van der Waals surface area contributed by atoms with Crippen molar-refractivity contribution in [2.45, 2.75) is 12.5 Å². The van der Waals surface area contributed by atoms with Crippen LogP contribution in [0.1, 0.15) is 5.56 Å². The zero-order valence-corrected chi connectivity index (χ0v) is 19.1. The van der Waals surface area contributed by atoms with Crippen molar-refractivity contribution in [1.29, 1.82) is 0 Å². The van der Waals surface area contributed by atoms with Crippen molar-refractivity contribution in [2.75, 3.05) is 30.8 Å². The summed E-state index contributed by atoms with van der Waals surface area (Å²) < 4.78 is 5.15. The van der Waals surface area contributed by atoms with Gasteiger partial charge in [-0.15, -0.1) is 0 Å². The summed E-state index contributed by atoms with van der Waals surface area (Å²) in [6.45, 7) is 0.934. The topological polar surface area (TPSA) is 91.5 Å². The smallest absolute Gasteiger partial charge is 0.319 e. The predicted molar refractivity (Wildman–Crippen MR) is 132 cm³/mol. The summed E-state index contributed by atoms with van der Waals surface area (Å²) in [5.41, 5.74) is 2.45. The van der Waals surface area contributed by atoms with Gasteiger partial charge in [0.2, 0.25) is 5.91 Å². The van der Waals surface area contributed by atoms with Crippen molar-refractivity contribution >= 4 is 34.9 Å². The van der Waals surface area contributed by atoms with E-state index in [4.69, 9.17) is 16.3 Å². The van der Waals surface area contributed by atoms with Crippen LogP contribution in [0, 0.1) is 0 Å². The molecule has 33 heavy (non-hydrogen) atoms. The number of amides is 3. The normalized spacial score (nSPS) is 11.2. The standard InChI is InChI=1S/C25H27ClN4O3/c1-33-22-13-11-20(12-14-22)27-15-16-28-24(31)23(17-18-5-3-2-4-6-18)30-25(32)29-21-9-7-19(26)8-10-21/h2-14,23,27H,15-17H2,1H3,(H,28,31)(H2,29,30,32). The molecule has 0 bridgehead atoms. The Morgan fingerprint density at radius 1 is 0.879 bits per heavy atom. The Balaban J connectivity index is 1.54. The van der Waals surface area contributed by atoms with Crippen molar-refractivity contribution < 1.29 is 14.3 Å². The molecule has 7 nitrogen and oxygen atoms in total. The first kappa shape index (κ1) is 23.9. The lowest BCUT2D eigenvalue weighted by atomic mass is 10.1. The molecule has 0 saturated carbocycles. The Labute approximate surface area is 198 Å². The minimum Gasteiger partial charge on any atom is -0.497 e. The molecule has 1 unspecified atom stereocenters. The van der Waals surface area contributed by atoms with E-state index in [1.165, 1.54) is 0 Å². The van der Waals surface area contributed by atoms with Crippen LogP contribution in [-0.4, -0.2) is 38.2 Å². The second-order valence-corrected chi connectivity index (χ2v) is 7.73. The van der Waals surface area contributed by atoms with Crippen LogP contribution in [0.3, 0.4) is 0 Å². The maximum atomic E-state index is 12.9. The van der Waals surface area contributed by atoms with Crippen molar-refractivity contribution in [1.82, 2.24) is 10.6 Å². The summed E-state index contributed by atoms with van der Waals surface area (Å²) in [6.07, 6.45) is 0.368. The van der Waals surface area contributed by atoms with Crippen LogP contribution in [0.5, 0.6) is 5.75 Å². The molecule has 0 heterocycles. The zero-order chi connectivity index (χ0) is 23.5. The van der Waals surface area contributed by atoms with Crippen molar-refractivity contribution in [3.05, 3.63) is 89.4 Å². The summed E-state index contributed by atoms with van der Waals surface area (Å²) in [7, 11) is 1.62. The highest BCUT2D eigenvalue weighted by molar-refractivity contribution is 6.30. The highest BCUT2D eigenvalue weighted by Crippen LogP contribution is 2.15. The Morgan fingerprint density at radius 2 is 1.55 bits per heavy atom. The molecule has 0 fully saturated rings. The molecule has 1 atom stereocenters. The number of halogens is 1. The van der Waals surface area contributed by atoms with Crippen LogP contribution < -0.4 is 26.0 Å². The molecule has 0 spiro atoms. The van der Waals surface area contributed by atoms with Gasteiger partial charge in [0.05, 0.1) is 7.11 Å². The molecule has 0 saturated heterocycles.